The average molecular weight is 207 g/mol. The zero-order valence-electron chi connectivity index (χ0n) is 9.22. The van der Waals surface area contributed by atoms with Gasteiger partial charge in [-0.3, -0.25) is 0 Å². The van der Waals surface area contributed by atoms with Gasteiger partial charge in [-0.05, 0) is 37.0 Å². The summed E-state index contributed by atoms with van der Waals surface area (Å²) in [6.07, 6.45) is 5.54. The van der Waals surface area contributed by atoms with Crippen molar-refractivity contribution in [2.75, 3.05) is 0 Å². The van der Waals surface area contributed by atoms with Crippen LogP contribution in [0.15, 0.2) is 18.2 Å². The van der Waals surface area contributed by atoms with Crippen molar-refractivity contribution in [3.8, 4) is 0 Å². The van der Waals surface area contributed by atoms with Crippen LogP contribution in [0.5, 0.6) is 0 Å². The molecule has 1 saturated carbocycles. The maximum absolute atomic E-state index is 13.4. The smallest absolute Gasteiger partial charge is 0.126 e. The molecule has 0 spiro atoms. The predicted octanol–water partition coefficient (Wildman–Crippen LogP) is 3.25. The molecule has 1 aromatic rings. The molecule has 0 aromatic heterocycles. The van der Waals surface area contributed by atoms with Crippen molar-refractivity contribution in [1.82, 2.24) is 0 Å². The molecule has 0 radical (unpaired) electrons. The van der Waals surface area contributed by atoms with Crippen LogP contribution in [0.2, 0.25) is 0 Å². The third kappa shape index (κ3) is 1.91. The molecule has 0 unspecified atom stereocenters. The standard InChI is InChI=1S/C13H18FN/c1-10-11(6-5-7-12(10)14)13(15)8-3-2-4-9-13/h5-7H,2-4,8-9,15H2,1H3. The number of halogens is 1. The van der Waals surface area contributed by atoms with Crippen LogP contribution in [-0.4, -0.2) is 0 Å². The Bertz CT molecular complexity index is 354. The second-order valence-electron chi connectivity index (χ2n) is 4.63. The number of benzene rings is 1. The van der Waals surface area contributed by atoms with E-state index >= 15 is 0 Å². The summed E-state index contributed by atoms with van der Waals surface area (Å²) in [5.41, 5.74) is 7.82. The molecule has 1 fully saturated rings. The minimum Gasteiger partial charge on any atom is -0.321 e. The maximum atomic E-state index is 13.4. The lowest BCUT2D eigenvalue weighted by molar-refractivity contribution is 0.300. The van der Waals surface area contributed by atoms with E-state index in [1.165, 1.54) is 12.5 Å². The molecule has 0 saturated heterocycles. The normalized spacial score (nSPS) is 20.2. The highest BCUT2D eigenvalue weighted by molar-refractivity contribution is 5.33. The summed E-state index contributed by atoms with van der Waals surface area (Å²) in [4.78, 5) is 0. The van der Waals surface area contributed by atoms with E-state index in [4.69, 9.17) is 5.73 Å². The van der Waals surface area contributed by atoms with Crippen molar-refractivity contribution in [1.29, 1.82) is 0 Å². The quantitative estimate of drug-likeness (QED) is 0.751. The lowest BCUT2D eigenvalue weighted by Crippen LogP contribution is -2.39. The zero-order chi connectivity index (χ0) is 10.9. The van der Waals surface area contributed by atoms with Crippen molar-refractivity contribution in [2.45, 2.75) is 44.6 Å². The Hall–Kier alpha value is -0.890. The van der Waals surface area contributed by atoms with E-state index in [1.807, 2.05) is 13.0 Å². The van der Waals surface area contributed by atoms with E-state index in [2.05, 4.69) is 0 Å². The van der Waals surface area contributed by atoms with Gasteiger partial charge in [0.1, 0.15) is 5.82 Å². The Morgan fingerprint density at radius 2 is 1.87 bits per heavy atom. The van der Waals surface area contributed by atoms with Gasteiger partial charge in [-0.2, -0.15) is 0 Å². The van der Waals surface area contributed by atoms with Crippen LogP contribution in [0.3, 0.4) is 0 Å². The van der Waals surface area contributed by atoms with E-state index in [0.717, 1.165) is 36.8 Å². The Morgan fingerprint density at radius 3 is 2.53 bits per heavy atom. The highest BCUT2D eigenvalue weighted by Crippen LogP contribution is 2.36. The van der Waals surface area contributed by atoms with Crippen LogP contribution in [0, 0.1) is 12.7 Å². The van der Waals surface area contributed by atoms with Gasteiger partial charge in [0.05, 0.1) is 0 Å². The first kappa shape index (κ1) is 10.6. The molecule has 1 aliphatic carbocycles. The molecule has 0 amide bonds. The summed E-state index contributed by atoms with van der Waals surface area (Å²) in [6, 6.07) is 5.25. The Kier molecular flexibility index (Phi) is 2.79. The van der Waals surface area contributed by atoms with E-state index < -0.39 is 0 Å². The van der Waals surface area contributed by atoms with Crippen LogP contribution < -0.4 is 5.73 Å². The highest BCUT2D eigenvalue weighted by atomic mass is 19.1. The Morgan fingerprint density at radius 1 is 1.20 bits per heavy atom. The van der Waals surface area contributed by atoms with Crippen molar-refractivity contribution < 1.29 is 4.39 Å². The van der Waals surface area contributed by atoms with Gasteiger partial charge in [-0.1, -0.05) is 31.4 Å². The van der Waals surface area contributed by atoms with Gasteiger partial charge in [0.25, 0.3) is 0 Å². The first-order valence-electron chi connectivity index (χ1n) is 5.68. The SMILES string of the molecule is Cc1c(F)cccc1C1(N)CCCCC1. The van der Waals surface area contributed by atoms with Gasteiger partial charge in [-0.25, -0.2) is 4.39 Å². The van der Waals surface area contributed by atoms with Crippen LogP contribution in [0.4, 0.5) is 4.39 Å². The van der Waals surface area contributed by atoms with E-state index in [-0.39, 0.29) is 11.4 Å². The van der Waals surface area contributed by atoms with Crippen molar-refractivity contribution in [3.05, 3.63) is 35.1 Å². The highest BCUT2D eigenvalue weighted by Gasteiger charge is 2.31. The third-order valence-electron chi connectivity index (χ3n) is 3.55. The Labute approximate surface area is 90.5 Å². The first-order valence-corrected chi connectivity index (χ1v) is 5.68. The fourth-order valence-corrected chi connectivity index (χ4v) is 2.60. The largest absolute Gasteiger partial charge is 0.321 e. The van der Waals surface area contributed by atoms with Crippen LogP contribution in [0.25, 0.3) is 0 Å². The lowest BCUT2D eigenvalue weighted by Gasteiger charge is -2.35. The second-order valence-corrected chi connectivity index (χ2v) is 4.63. The summed E-state index contributed by atoms with van der Waals surface area (Å²) in [6.45, 7) is 1.83. The molecule has 1 aromatic carbocycles. The molecule has 0 heterocycles. The molecule has 82 valence electrons. The number of hydrogen-bond donors (Lipinski definition) is 1. The molecule has 0 aliphatic heterocycles. The minimum absolute atomic E-state index is 0.136. The molecule has 0 atom stereocenters. The zero-order valence-corrected chi connectivity index (χ0v) is 9.22. The molecule has 0 bridgehead atoms. The van der Waals surface area contributed by atoms with Gasteiger partial charge >= 0.3 is 0 Å². The monoisotopic (exact) mass is 207 g/mol. The molecule has 2 rings (SSSR count). The van der Waals surface area contributed by atoms with E-state index in [0.29, 0.717) is 0 Å². The lowest BCUT2D eigenvalue weighted by atomic mass is 9.76. The molecule has 15 heavy (non-hydrogen) atoms. The van der Waals surface area contributed by atoms with Gasteiger partial charge in [-0.15, -0.1) is 0 Å². The van der Waals surface area contributed by atoms with Crippen LogP contribution in [0.1, 0.15) is 43.2 Å². The molecule has 1 nitrogen and oxygen atoms in total. The van der Waals surface area contributed by atoms with Gasteiger partial charge in [0.2, 0.25) is 0 Å². The molecule has 1 aliphatic rings. The maximum Gasteiger partial charge on any atom is 0.126 e. The van der Waals surface area contributed by atoms with E-state index in [1.54, 1.807) is 6.07 Å². The summed E-state index contributed by atoms with van der Waals surface area (Å²) in [5.74, 6) is -0.136. The summed E-state index contributed by atoms with van der Waals surface area (Å²) in [7, 11) is 0. The van der Waals surface area contributed by atoms with Crippen molar-refractivity contribution in [3.63, 3.8) is 0 Å². The summed E-state index contributed by atoms with van der Waals surface area (Å²) < 4.78 is 13.4. The predicted molar refractivity (Wildman–Crippen MR) is 60.1 cm³/mol. The number of hydrogen-bond acceptors (Lipinski definition) is 1. The first-order chi connectivity index (χ1) is 7.13. The number of nitrogens with two attached hydrogens (primary N) is 1. The van der Waals surface area contributed by atoms with Crippen LogP contribution >= 0.6 is 0 Å². The topological polar surface area (TPSA) is 26.0 Å². The fourth-order valence-electron chi connectivity index (χ4n) is 2.60. The summed E-state index contributed by atoms with van der Waals surface area (Å²) in [5, 5.41) is 0. The van der Waals surface area contributed by atoms with Crippen molar-refractivity contribution >= 4 is 0 Å². The average Bonchev–Trinajstić information content (AvgIpc) is 2.23. The minimum atomic E-state index is -0.287. The van der Waals surface area contributed by atoms with Gasteiger partial charge < -0.3 is 5.73 Å². The van der Waals surface area contributed by atoms with Crippen LogP contribution in [-0.2, 0) is 5.54 Å². The molecule has 2 N–H and O–H groups in total. The second kappa shape index (κ2) is 3.93. The molecule has 2 heteroatoms. The third-order valence-corrected chi connectivity index (χ3v) is 3.55. The van der Waals surface area contributed by atoms with Gasteiger partial charge in [0.15, 0.2) is 0 Å². The molecular formula is C13H18FN. The Balaban J connectivity index is 2.39. The molecular weight excluding hydrogens is 189 g/mol. The van der Waals surface area contributed by atoms with Crippen molar-refractivity contribution in [2.24, 2.45) is 5.73 Å². The summed E-state index contributed by atoms with van der Waals surface area (Å²) >= 11 is 0. The fraction of sp³-hybridized carbons (Fsp3) is 0.538. The van der Waals surface area contributed by atoms with E-state index in [9.17, 15) is 4.39 Å². The number of rotatable bonds is 1. The van der Waals surface area contributed by atoms with Gasteiger partial charge in [0, 0.05) is 5.54 Å².